The van der Waals surface area contributed by atoms with Gasteiger partial charge in [0.25, 0.3) is 0 Å². The fraction of sp³-hybridized carbons (Fsp3) is 0.588. The number of aliphatic hydroxyl groups is 1. The highest BCUT2D eigenvalue weighted by molar-refractivity contribution is 5.79. The highest BCUT2D eigenvalue weighted by atomic mass is 19.1. The Kier molecular flexibility index (Phi) is 6.07. The molecule has 0 aromatic heterocycles. The molecule has 2 atom stereocenters. The van der Waals surface area contributed by atoms with Crippen molar-refractivity contribution in [2.45, 2.75) is 13.3 Å². The number of nitrogens with zero attached hydrogens (tertiary/aromatic N) is 2. The van der Waals surface area contributed by atoms with Gasteiger partial charge in [-0.25, -0.2) is 8.78 Å². The molecule has 1 aliphatic rings. The van der Waals surface area contributed by atoms with E-state index < -0.39 is 11.6 Å². The van der Waals surface area contributed by atoms with E-state index in [2.05, 4.69) is 11.8 Å². The summed E-state index contributed by atoms with van der Waals surface area (Å²) in [5, 5.41) is 9.53. The summed E-state index contributed by atoms with van der Waals surface area (Å²) in [6.45, 7) is 4.90. The summed E-state index contributed by atoms with van der Waals surface area (Å²) in [6.07, 6.45) is -0.0246. The molecule has 6 heteroatoms. The average Bonchev–Trinajstić information content (AvgIpc) is 2.89. The average molecular weight is 326 g/mol. The summed E-state index contributed by atoms with van der Waals surface area (Å²) >= 11 is 0. The van der Waals surface area contributed by atoms with Gasteiger partial charge in [-0.3, -0.25) is 4.79 Å². The zero-order valence-electron chi connectivity index (χ0n) is 13.6. The summed E-state index contributed by atoms with van der Waals surface area (Å²) in [4.78, 5) is 16.2. The number of aliphatic hydroxyl groups excluding tert-OH is 1. The van der Waals surface area contributed by atoms with Crippen LogP contribution in [0.5, 0.6) is 0 Å². The molecular formula is C17H24F2N2O2. The topological polar surface area (TPSA) is 43.8 Å². The molecule has 23 heavy (non-hydrogen) atoms. The first-order chi connectivity index (χ1) is 10.9. The first kappa shape index (κ1) is 17.8. The molecule has 0 spiro atoms. The van der Waals surface area contributed by atoms with E-state index in [0.29, 0.717) is 18.7 Å². The number of hydrogen-bond acceptors (Lipinski definition) is 3. The largest absolute Gasteiger partial charge is 0.396 e. The number of rotatable bonds is 6. The fourth-order valence-electron chi connectivity index (χ4n) is 3.08. The van der Waals surface area contributed by atoms with Crippen LogP contribution in [0.4, 0.5) is 8.78 Å². The maximum atomic E-state index is 13.2. The molecule has 1 heterocycles. The molecule has 0 aliphatic carbocycles. The Balaban J connectivity index is 1.99. The fourth-order valence-corrected chi connectivity index (χ4v) is 3.08. The van der Waals surface area contributed by atoms with Gasteiger partial charge < -0.3 is 14.9 Å². The molecule has 1 N–H and O–H groups in total. The summed E-state index contributed by atoms with van der Waals surface area (Å²) in [5.74, 6) is -1.24. The summed E-state index contributed by atoms with van der Waals surface area (Å²) in [5.41, 5.74) is 0.335. The quantitative estimate of drug-likeness (QED) is 0.862. The van der Waals surface area contributed by atoms with Crippen LogP contribution < -0.4 is 0 Å². The van der Waals surface area contributed by atoms with Gasteiger partial charge in [0.05, 0.1) is 6.42 Å². The highest BCUT2D eigenvalue weighted by Gasteiger charge is 2.35. The molecule has 0 bridgehead atoms. The van der Waals surface area contributed by atoms with Gasteiger partial charge in [0.2, 0.25) is 5.91 Å². The molecule has 2 rings (SSSR count). The van der Waals surface area contributed by atoms with E-state index in [4.69, 9.17) is 0 Å². The van der Waals surface area contributed by atoms with Crippen LogP contribution in [0.2, 0.25) is 0 Å². The van der Waals surface area contributed by atoms with E-state index in [1.54, 1.807) is 4.90 Å². The molecule has 1 aromatic rings. The number of amides is 1. The maximum absolute atomic E-state index is 13.2. The molecule has 4 nitrogen and oxygen atoms in total. The van der Waals surface area contributed by atoms with Crippen LogP contribution in [0.3, 0.4) is 0 Å². The molecule has 1 aromatic carbocycles. The predicted molar refractivity (Wildman–Crippen MR) is 83.9 cm³/mol. The summed E-state index contributed by atoms with van der Waals surface area (Å²) in [7, 11) is 2.01. The molecule has 128 valence electrons. The molecule has 1 saturated heterocycles. The third-order valence-corrected chi connectivity index (χ3v) is 4.53. The summed E-state index contributed by atoms with van der Waals surface area (Å²) < 4.78 is 26.4. The lowest BCUT2D eigenvalue weighted by atomic mass is 9.96. The minimum atomic E-state index is -0.676. The maximum Gasteiger partial charge on any atom is 0.227 e. The molecular weight excluding hydrogens is 302 g/mol. The number of hydrogen-bond donors (Lipinski definition) is 1. The molecule has 1 fully saturated rings. The lowest BCUT2D eigenvalue weighted by molar-refractivity contribution is -0.129. The minimum Gasteiger partial charge on any atom is -0.396 e. The van der Waals surface area contributed by atoms with Crippen molar-refractivity contribution in [2.24, 2.45) is 11.8 Å². The van der Waals surface area contributed by atoms with E-state index in [1.807, 2.05) is 7.05 Å². The van der Waals surface area contributed by atoms with Crippen LogP contribution in [-0.2, 0) is 11.2 Å². The van der Waals surface area contributed by atoms with Gasteiger partial charge in [0.1, 0.15) is 11.6 Å². The predicted octanol–water partition coefficient (Wildman–Crippen LogP) is 1.53. The van der Waals surface area contributed by atoms with Gasteiger partial charge >= 0.3 is 0 Å². The van der Waals surface area contributed by atoms with Gasteiger partial charge in [-0.1, -0.05) is 6.92 Å². The van der Waals surface area contributed by atoms with Crippen LogP contribution in [0.1, 0.15) is 12.5 Å². The van der Waals surface area contributed by atoms with Crippen LogP contribution >= 0.6 is 0 Å². The monoisotopic (exact) mass is 326 g/mol. The third-order valence-electron chi connectivity index (χ3n) is 4.53. The number of carbonyl (C=O) groups excluding carboxylic acids is 1. The van der Waals surface area contributed by atoms with Crippen molar-refractivity contribution in [1.29, 1.82) is 0 Å². The third kappa shape index (κ3) is 4.72. The standard InChI is InChI=1S/C17H24F2N2O2/c1-3-20(2)8-13-9-21(10-14(13)11-22)17(23)6-12-4-15(18)7-16(19)5-12/h4-5,7,13-14,22H,3,6,8-11H2,1-2H3/t13-,14-/m1/s1. The van der Waals surface area contributed by atoms with Crippen molar-refractivity contribution < 1.29 is 18.7 Å². The van der Waals surface area contributed by atoms with Crippen molar-refractivity contribution in [1.82, 2.24) is 9.80 Å². The van der Waals surface area contributed by atoms with Crippen molar-refractivity contribution >= 4 is 5.91 Å². The van der Waals surface area contributed by atoms with E-state index in [-0.39, 0.29) is 30.8 Å². The van der Waals surface area contributed by atoms with Gasteiger partial charge in [-0.2, -0.15) is 0 Å². The highest BCUT2D eigenvalue weighted by Crippen LogP contribution is 2.24. The smallest absolute Gasteiger partial charge is 0.227 e. The second-order valence-corrected chi connectivity index (χ2v) is 6.31. The first-order valence-corrected chi connectivity index (χ1v) is 7.95. The lowest BCUT2D eigenvalue weighted by Gasteiger charge is -2.22. The molecule has 1 amide bonds. The Morgan fingerprint density at radius 2 is 1.87 bits per heavy atom. The van der Waals surface area contributed by atoms with Crippen LogP contribution in [-0.4, -0.2) is 60.6 Å². The van der Waals surface area contributed by atoms with Crippen molar-refractivity contribution in [3.8, 4) is 0 Å². The first-order valence-electron chi connectivity index (χ1n) is 7.95. The molecule has 0 unspecified atom stereocenters. The normalized spacial score (nSPS) is 21.2. The lowest BCUT2D eigenvalue weighted by Crippen LogP contribution is -2.32. The van der Waals surface area contributed by atoms with Crippen LogP contribution in [0.25, 0.3) is 0 Å². The van der Waals surface area contributed by atoms with Crippen molar-refractivity contribution in [2.75, 3.05) is 39.8 Å². The Bertz CT molecular complexity index is 533. The van der Waals surface area contributed by atoms with Gasteiger partial charge in [-0.15, -0.1) is 0 Å². The number of carbonyl (C=O) groups is 1. The van der Waals surface area contributed by atoms with Gasteiger partial charge in [0.15, 0.2) is 0 Å². The van der Waals surface area contributed by atoms with E-state index in [9.17, 15) is 18.7 Å². The SMILES string of the molecule is CCN(C)C[C@@H]1CN(C(=O)Cc2cc(F)cc(F)c2)C[C@@H]1CO. The zero-order valence-corrected chi connectivity index (χ0v) is 13.6. The van der Waals surface area contributed by atoms with Crippen molar-refractivity contribution in [3.05, 3.63) is 35.4 Å². The van der Waals surface area contributed by atoms with E-state index in [0.717, 1.165) is 19.2 Å². The van der Waals surface area contributed by atoms with Crippen molar-refractivity contribution in [3.63, 3.8) is 0 Å². The number of benzene rings is 1. The Labute approximate surface area is 135 Å². The number of halogens is 2. The molecule has 1 aliphatic heterocycles. The van der Waals surface area contributed by atoms with E-state index in [1.165, 1.54) is 12.1 Å². The second kappa shape index (κ2) is 7.84. The zero-order chi connectivity index (χ0) is 17.0. The number of likely N-dealkylation sites (tertiary alicyclic amines) is 1. The molecule has 0 radical (unpaired) electrons. The minimum absolute atomic E-state index is 0.0246. The Morgan fingerprint density at radius 3 is 2.43 bits per heavy atom. The van der Waals surface area contributed by atoms with Crippen LogP contribution in [0, 0.1) is 23.5 Å². The summed E-state index contributed by atoms with van der Waals surface area (Å²) in [6, 6.07) is 3.16. The second-order valence-electron chi connectivity index (χ2n) is 6.31. The van der Waals surface area contributed by atoms with Gasteiger partial charge in [0, 0.05) is 38.2 Å². The van der Waals surface area contributed by atoms with Crippen LogP contribution in [0.15, 0.2) is 18.2 Å². The van der Waals surface area contributed by atoms with E-state index >= 15 is 0 Å². The Morgan fingerprint density at radius 1 is 1.26 bits per heavy atom. The van der Waals surface area contributed by atoms with Gasteiger partial charge in [-0.05, 0) is 37.2 Å². The Hall–Kier alpha value is -1.53. The molecule has 0 saturated carbocycles.